The molecule has 0 amide bonds. The number of carbonyl (C=O) groups excluding carboxylic acids is 1. The lowest BCUT2D eigenvalue weighted by atomic mass is 9.95. The van der Waals surface area contributed by atoms with E-state index in [9.17, 15) is 4.79 Å². The number of ether oxygens (including phenoxy) is 2. The van der Waals surface area contributed by atoms with Gasteiger partial charge in [-0.2, -0.15) is 0 Å². The Bertz CT molecular complexity index is 277. The average Bonchev–Trinajstić information content (AvgIpc) is 3.15. The Morgan fingerprint density at radius 2 is 2.05 bits per heavy atom. The van der Waals surface area contributed by atoms with Crippen molar-refractivity contribution in [2.45, 2.75) is 64.5 Å². The normalized spacial score (nSPS) is 18.4. The molecule has 1 N–H and O–H groups in total. The first-order valence-corrected chi connectivity index (χ1v) is 7.42. The molecule has 1 rings (SSSR count). The molecule has 4 nitrogen and oxygen atoms in total. The summed E-state index contributed by atoms with van der Waals surface area (Å²) in [6.45, 7) is 7.56. The molecule has 0 heterocycles. The molecular formula is C15H29NO3. The molecule has 1 atom stereocenters. The van der Waals surface area contributed by atoms with E-state index in [4.69, 9.17) is 9.47 Å². The summed E-state index contributed by atoms with van der Waals surface area (Å²) in [6.07, 6.45) is 5.56. The highest BCUT2D eigenvalue weighted by molar-refractivity contribution is 5.80. The molecule has 0 saturated heterocycles. The van der Waals surface area contributed by atoms with E-state index < -0.39 is 5.54 Å². The molecule has 1 aliphatic carbocycles. The summed E-state index contributed by atoms with van der Waals surface area (Å²) >= 11 is 0. The maximum atomic E-state index is 11.9. The molecule has 0 radical (unpaired) electrons. The first kappa shape index (κ1) is 16.4. The van der Waals surface area contributed by atoms with Crippen molar-refractivity contribution in [2.24, 2.45) is 5.92 Å². The van der Waals surface area contributed by atoms with E-state index in [1.807, 2.05) is 20.8 Å². The van der Waals surface area contributed by atoms with Gasteiger partial charge in [0.2, 0.25) is 0 Å². The van der Waals surface area contributed by atoms with Crippen molar-refractivity contribution >= 4 is 5.97 Å². The molecule has 0 aliphatic heterocycles. The van der Waals surface area contributed by atoms with Crippen LogP contribution in [0.5, 0.6) is 0 Å². The van der Waals surface area contributed by atoms with Crippen LogP contribution >= 0.6 is 0 Å². The van der Waals surface area contributed by atoms with Gasteiger partial charge in [-0.05, 0) is 46.0 Å². The SMILES string of the molecule is COC(=O)C(C)(CCCOCCC1CC1)NC(C)C. The zero-order chi connectivity index (χ0) is 14.3. The fourth-order valence-electron chi connectivity index (χ4n) is 2.38. The number of methoxy groups -OCH3 is 1. The van der Waals surface area contributed by atoms with Gasteiger partial charge in [-0.15, -0.1) is 0 Å². The fourth-order valence-corrected chi connectivity index (χ4v) is 2.38. The van der Waals surface area contributed by atoms with Crippen molar-refractivity contribution in [3.8, 4) is 0 Å². The number of nitrogens with one attached hydrogen (secondary N) is 1. The Labute approximate surface area is 117 Å². The van der Waals surface area contributed by atoms with Crippen molar-refractivity contribution in [1.29, 1.82) is 0 Å². The van der Waals surface area contributed by atoms with Gasteiger partial charge in [0, 0.05) is 19.3 Å². The first-order chi connectivity index (χ1) is 8.98. The topological polar surface area (TPSA) is 47.6 Å². The average molecular weight is 271 g/mol. The molecule has 19 heavy (non-hydrogen) atoms. The van der Waals surface area contributed by atoms with Crippen LogP contribution in [0.15, 0.2) is 0 Å². The van der Waals surface area contributed by atoms with Crippen LogP contribution in [0.4, 0.5) is 0 Å². The molecule has 0 aromatic heterocycles. The fraction of sp³-hybridized carbons (Fsp3) is 0.933. The summed E-state index contributed by atoms with van der Waals surface area (Å²) in [5.74, 6) is 0.724. The van der Waals surface area contributed by atoms with Crippen molar-refractivity contribution < 1.29 is 14.3 Å². The van der Waals surface area contributed by atoms with Gasteiger partial charge in [0.1, 0.15) is 5.54 Å². The molecule has 0 aromatic rings. The van der Waals surface area contributed by atoms with E-state index in [2.05, 4.69) is 5.32 Å². The van der Waals surface area contributed by atoms with Gasteiger partial charge in [0.15, 0.2) is 0 Å². The van der Waals surface area contributed by atoms with Crippen LogP contribution in [0.3, 0.4) is 0 Å². The summed E-state index contributed by atoms with van der Waals surface area (Å²) in [4.78, 5) is 11.9. The number of hydrogen-bond donors (Lipinski definition) is 1. The maximum Gasteiger partial charge on any atom is 0.325 e. The first-order valence-electron chi connectivity index (χ1n) is 7.42. The molecule has 0 bridgehead atoms. The van der Waals surface area contributed by atoms with Crippen LogP contribution in [0.1, 0.15) is 52.9 Å². The van der Waals surface area contributed by atoms with Crippen LogP contribution in [0.2, 0.25) is 0 Å². The lowest BCUT2D eigenvalue weighted by Crippen LogP contribution is -2.53. The van der Waals surface area contributed by atoms with Crippen LogP contribution in [0, 0.1) is 5.92 Å². The lowest BCUT2D eigenvalue weighted by molar-refractivity contribution is -0.148. The van der Waals surface area contributed by atoms with E-state index in [1.165, 1.54) is 26.4 Å². The van der Waals surface area contributed by atoms with Gasteiger partial charge in [0.25, 0.3) is 0 Å². The van der Waals surface area contributed by atoms with Crippen molar-refractivity contribution in [2.75, 3.05) is 20.3 Å². The largest absolute Gasteiger partial charge is 0.468 e. The number of carbonyl (C=O) groups is 1. The van der Waals surface area contributed by atoms with Gasteiger partial charge in [-0.3, -0.25) is 10.1 Å². The minimum atomic E-state index is -0.608. The highest BCUT2D eigenvalue weighted by atomic mass is 16.5. The zero-order valence-electron chi connectivity index (χ0n) is 12.8. The molecule has 1 saturated carbocycles. The van der Waals surface area contributed by atoms with E-state index in [-0.39, 0.29) is 12.0 Å². The third-order valence-corrected chi connectivity index (χ3v) is 3.58. The second kappa shape index (κ2) is 7.85. The van der Waals surface area contributed by atoms with E-state index >= 15 is 0 Å². The van der Waals surface area contributed by atoms with Crippen molar-refractivity contribution in [1.82, 2.24) is 5.32 Å². The third kappa shape index (κ3) is 6.39. The number of hydrogen-bond acceptors (Lipinski definition) is 4. The van der Waals surface area contributed by atoms with Gasteiger partial charge < -0.3 is 9.47 Å². The Morgan fingerprint density at radius 3 is 2.58 bits per heavy atom. The van der Waals surface area contributed by atoms with E-state index in [0.717, 1.165) is 32.0 Å². The predicted octanol–water partition coefficient (Wildman–Crippen LogP) is 2.51. The van der Waals surface area contributed by atoms with Gasteiger partial charge in [-0.1, -0.05) is 12.8 Å². The second-order valence-corrected chi connectivity index (χ2v) is 6.07. The van der Waals surface area contributed by atoms with Gasteiger partial charge in [0.05, 0.1) is 7.11 Å². The van der Waals surface area contributed by atoms with E-state index in [0.29, 0.717) is 0 Å². The minimum Gasteiger partial charge on any atom is -0.468 e. The second-order valence-electron chi connectivity index (χ2n) is 6.07. The predicted molar refractivity (Wildman–Crippen MR) is 76.1 cm³/mol. The van der Waals surface area contributed by atoms with Crippen molar-refractivity contribution in [3.05, 3.63) is 0 Å². The molecule has 1 fully saturated rings. The summed E-state index contributed by atoms with van der Waals surface area (Å²) in [5, 5.41) is 3.30. The van der Waals surface area contributed by atoms with Gasteiger partial charge in [-0.25, -0.2) is 0 Å². The Morgan fingerprint density at radius 1 is 1.37 bits per heavy atom. The highest BCUT2D eigenvalue weighted by Gasteiger charge is 2.34. The maximum absolute atomic E-state index is 11.9. The Hall–Kier alpha value is -0.610. The number of rotatable bonds is 10. The summed E-state index contributed by atoms with van der Waals surface area (Å²) < 4.78 is 10.5. The zero-order valence-corrected chi connectivity index (χ0v) is 12.8. The third-order valence-electron chi connectivity index (χ3n) is 3.58. The highest BCUT2D eigenvalue weighted by Crippen LogP contribution is 2.32. The lowest BCUT2D eigenvalue weighted by Gasteiger charge is -2.30. The molecule has 112 valence electrons. The standard InChI is InChI=1S/C15H29NO3/c1-12(2)16-15(3,14(17)18-4)9-5-10-19-11-8-13-6-7-13/h12-13,16H,5-11H2,1-4H3. The van der Waals surface area contributed by atoms with Crippen LogP contribution in [-0.4, -0.2) is 37.9 Å². The smallest absolute Gasteiger partial charge is 0.325 e. The van der Waals surface area contributed by atoms with Crippen LogP contribution in [0.25, 0.3) is 0 Å². The molecular weight excluding hydrogens is 242 g/mol. The Balaban J connectivity index is 2.20. The quantitative estimate of drug-likeness (QED) is 0.490. The molecule has 1 aliphatic rings. The van der Waals surface area contributed by atoms with E-state index in [1.54, 1.807) is 0 Å². The molecule has 1 unspecified atom stereocenters. The monoisotopic (exact) mass is 271 g/mol. The minimum absolute atomic E-state index is 0.195. The molecule has 0 spiro atoms. The van der Waals surface area contributed by atoms with Crippen LogP contribution in [-0.2, 0) is 14.3 Å². The summed E-state index contributed by atoms with van der Waals surface area (Å²) in [5.41, 5.74) is -0.608. The summed E-state index contributed by atoms with van der Waals surface area (Å²) in [7, 11) is 1.44. The van der Waals surface area contributed by atoms with Crippen LogP contribution < -0.4 is 5.32 Å². The molecule has 4 heteroatoms. The number of esters is 1. The van der Waals surface area contributed by atoms with Crippen molar-refractivity contribution in [3.63, 3.8) is 0 Å². The molecule has 0 aromatic carbocycles. The Kier molecular flexibility index (Phi) is 6.80. The summed E-state index contributed by atoms with van der Waals surface area (Å²) in [6, 6.07) is 0.250. The van der Waals surface area contributed by atoms with Gasteiger partial charge >= 0.3 is 5.97 Å².